The molecule has 2 aromatic rings. The molecule has 110 valence electrons. The third-order valence-electron chi connectivity index (χ3n) is 2.88. The van der Waals surface area contributed by atoms with Gasteiger partial charge in [-0.15, -0.1) is 0 Å². The van der Waals surface area contributed by atoms with Crippen molar-refractivity contribution in [1.29, 1.82) is 0 Å². The molecule has 0 radical (unpaired) electrons. The van der Waals surface area contributed by atoms with Crippen LogP contribution in [0.1, 0.15) is 10.4 Å². The average Bonchev–Trinajstić information content (AvgIpc) is 2.41. The molecule has 0 heterocycles. The number of hydrogen-bond donors (Lipinski definition) is 2. The van der Waals surface area contributed by atoms with Crippen molar-refractivity contribution in [3.63, 3.8) is 0 Å². The number of nitrogen functional groups attached to an aromatic ring is 1. The van der Waals surface area contributed by atoms with Crippen LogP contribution in [0.5, 0.6) is 0 Å². The second-order valence-electron chi connectivity index (χ2n) is 4.75. The van der Waals surface area contributed by atoms with Crippen LogP contribution in [0.3, 0.4) is 0 Å². The molecule has 0 aliphatic carbocycles. The maximum Gasteiger partial charge on any atom is 0.255 e. The molecule has 0 saturated carbocycles. The average molecular weight is 369 g/mol. The molecule has 0 spiro atoms. The molecule has 2 rings (SSSR count). The van der Waals surface area contributed by atoms with Gasteiger partial charge < -0.3 is 16.0 Å². The van der Waals surface area contributed by atoms with E-state index in [0.717, 1.165) is 10.2 Å². The van der Waals surface area contributed by atoms with Gasteiger partial charge in [-0.2, -0.15) is 0 Å². The first kappa shape index (κ1) is 15.7. The lowest BCUT2D eigenvalue weighted by molar-refractivity contribution is 0.0828. The smallest absolute Gasteiger partial charge is 0.255 e. The molecule has 0 bridgehead atoms. The lowest BCUT2D eigenvalue weighted by Gasteiger charge is -2.16. The summed E-state index contributed by atoms with van der Waals surface area (Å²) >= 11 is 9.37. The fraction of sp³-hybridized carbons (Fsp3) is 0.133. The lowest BCUT2D eigenvalue weighted by Crippen LogP contribution is -2.22. The van der Waals surface area contributed by atoms with Crippen LogP contribution in [0.25, 0.3) is 0 Å². The van der Waals surface area contributed by atoms with Crippen molar-refractivity contribution in [1.82, 2.24) is 4.90 Å². The zero-order chi connectivity index (χ0) is 15.6. The Morgan fingerprint density at radius 1 is 1.19 bits per heavy atom. The number of halogens is 2. The molecule has 0 aliphatic heterocycles. The molecule has 0 saturated heterocycles. The Morgan fingerprint density at radius 3 is 2.52 bits per heavy atom. The van der Waals surface area contributed by atoms with Gasteiger partial charge in [-0.3, -0.25) is 4.79 Å². The minimum Gasteiger partial charge on any atom is -0.399 e. The molecule has 4 nitrogen and oxygen atoms in total. The van der Waals surface area contributed by atoms with E-state index in [1.165, 1.54) is 4.90 Å². The van der Waals surface area contributed by atoms with E-state index in [0.29, 0.717) is 22.0 Å². The number of amides is 1. The van der Waals surface area contributed by atoms with Gasteiger partial charge in [0.05, 0.1) is 16.9 Å². The maximum absolute atomic E-state index is 12.2. The highest BCUT2D eigenvalue weighted by Gasteiger charge is 2.14. The summed E-state index contributed by atoms with van der Waals surface area (Å²) in [5, 5.41) is 3.84. The van der Waals surface area contributed by atoms with Gasteiger partial charge in [-0.05, 0) is 52.3 Å². The first-order chi connectivity index (χ1) is 9.88. The second-order valence-corrected chi connectivity index (χ2v) is 6.04. The number of hydrogen-bond acceptors (Lipinski definition) is 3. The predicted octanol–water partition coefficient (Wildman–Crippen LogP) is 4.13. The topological polar surface area (TPSA) is 58.4 Å². The predicted molar refractivity (Wildman–Crippen MR) is 91.3 cm³/mol. The first-order valence-corrected chi connectivity index (χ1v) is 7.39. The van der Waals surface area contributed by atoms with Crippen LogP contribution >= 0.6 is 27.5 Å². The molecule has 21 heavy (non-hydrogen) atoms. The number of nitrogens with two attached hydrogens (primary N) is 1. The van der Waals surface area contributed by atoms with Gasteiger partial charge in [0.15, 0.2) is 0 Å². The third kappa shape index (κ3) is 3.68. The molecule has 2 aromatic carbocycles. The van der Waals surface area contributed by atoms with Gasteiger partial charge in [0.2, 0.25) is 0 Å². The van der Waals surface area contributed by atoms with Gasteiger partial charge in [-0.25, -0.2) is 0 Å². The molecular weight excluding hydrogens is 354 g/mol. The van der Waals surface area contributed by atoms with E-state index in [-0.39, 0.29) is 5.91 Å². The number of nitrogens with one attached hydrogen (secondary N) is 1. The summed E-state index contributed by atoms with van der Waals surface area (Å²) in [5.74, 6) is -0.0948. The minimum absolute atomic E-state index is 0.0948. The van der Waals surface area contributed by atoms with E-state index < -0.39 is 0 Å². The van der Waals surface area contributed by atoms with Crippen molar-refractivity contribution in [2.75, 3.05) is 25.1 Å². The Balaban J connectivity index is 2.43. The summed E-state index contributed by atoms with van der Waals surface area (Å²) in [4.78, 5) is 13.7. The number of carbonyl (C=O) groups excluding carboxylic acids is 1. The Morgan fingerprint density at radius 2 is 1.90 bits per heavy atom. The molecule has 1 amide bonds. The summed E-state index contributed by atoms with van der Waals surface area (Å²) in [5.41, 5.74) is 8.41. The molecule has 6 heteroatoms. The van der Waals surface area contributed by atoms with E-state index in [2.05, 4.69) is 21.2 Å². The Kier molecular flexibility index (Phi) is 4.75. The van der Waals surface area contributed by atoms with Crippen LogP contribution < -0.4 is 11.1 Å². The fourth-order valence-corrected chi connectivity index (χ4v) is 2.61. The van der Waals surface area contributed by atoms with Crippen LogP contribution in [-0.4, -0.2) is 24.9 Å². The Labute approximate surface area is 137 Å². The summed E-state index contributed by atoms with van der Waals surface area (Å²) < 4.78 is 0.806. The quantitative estimate of drug-likeness (QED) is 0.801. The van der Waals surface area contributed by atoms with E-state index in [9.17, 15) is 4.79 Å². The van der Waals surface area contributed by atoms with Crippen molar-refractivity contribution in [2.45, 2.75) is 0 Å². The highest BCUT2D eigenvalue weighted by molar-refractivity contribution is 9.10. The zero-order valence-corrected chi connectivity index (χ0v) is 14.0. The molecule has 3 N–H and O–H groups in total. The molecule has 0 aromatic heterocycles. The number of nitrogens with zero attached hydrogens (tertiary/aromatic N) is 1. The van der Waals surface area contributed by atoms with Gasteiger partial charge in [-0.1, -0.05) is 11.6 Å². The number of rotatable bonds is 3. The highest BCUT2D eigenvalue weighted by atomic mass is 79.9. The fourth-order valence-electron chi connectivity index (χ4n) is 1.83. The highest BCUT2D eigenvalue weighted by Crippen LogP contribution is 2.31. The summed E-state index contributed by atoms with van der Waals surface area (Å²) in [6.07, 6.45) is 0. The van der Waals surface area contributed by atoms with E-state index in [1.807, 2.05) is 6.07 Å². The number of anilines is 3. The van der Waals surface area contributed by atoms with Gasteiger partial charge in [0.25, 0.3) is 5.91 Å². The largest absolute Gasteiger partial charge is 0.399 e. The number of benzene rings is 2. The summed E-state index contributed by atoms with van der Waals surface area (Å²) in [7, 11) is 3.42. The molecule has 0 unspecified atom stereocenters. The van der Waals surface area contributed by atoms with E-state index in [1.54, 1.807) is 44.4 Å². The van der Waals surface area contributed by atoms with Crippen molar-refractivity contribution < 1.29 is 4.79 Å². The molecular formula is C15H15BrClN3O. The first-order valence-electron chi connectivity index (χ1n) is 6.21. The number of carbonyl (C=O) groups is 1. The molecule has 0 fully saturated rings. The Hall–Kier alpha value is -1.72. The van der Waals surface area contributed by atoms with Crippen LogP contribution in [0.4, 0.5) is 17.1 Å². The minimum atomic E-state index is -0.0948. The van der Waals surface area contributed by atoms with Gasteiger partial charge in [0.1, 0.15) is 0 Å². The summed E-state index contributed by atoms with van der Waals surface area (Å²) in [6.45, 7) is 0. The molecule has 0 atom stereocenters. The van der Waals surface area contributed by atoms with Crippen LogP contribution in [0.15, 0.2) is 40.9 Å². The van der Waals surface area contributed by atoms with Crippen molar-refractivity contribution >= 4 is 50.5 Å². The maximum atomic E-state index is 12.2. The van der Waals surface area contributed by atoms with Gasteiger partial charge in [0, 0.05) is 29.3 Å². The van der Waals surface area contributed by atoms with Crippen molar-refractivity contribution in [3.8, 4) is 0 Å². The monoisotopic (exact) mass is 367 g/mol. The van der Waals surface area contributed by atoms with Crippen molar-refractivity contribution in [2.24, 2.45) is 0 Å². The zero-order valence-electron chi connectivity index (χ0n) is 11.7. The summed E-state index contributed by atoms with van der Waals surface area (Å²) in [6, 6.07) is 10.5. The Bertz CT molecular complexity index is 689. The third-order valence-corrected chi connectivity index (χ3v) is 3.77. The van der Waals surface area contributed by atoms with Crippen molar-refractivity contribution in [3.05, 3.63) is 51.5 Å². The normalized spacial score (nSPS) is 10.3. The van der Waals surface area contributed by atoms with Crippen LogP contribution in [-0.2, 0) is 0 Å². The van der Waals surface area contributed by atoms with E-state index in [4.69, 9.17) is 17.3 Å². The van der Waals surface area contributed by atoms with E-state index >= 15 is 0 Å². The second kappa shape index (κ2) is 6.37. The van der Waals surface area contributed by atoms with Crippen LogP contribution in [0, 0.1) is 0 Å². The van der Waals surface area contributed by atoms with Gasteiger partial charge >= 0.3 is 0 Å². The standard InChI is InChI=1S/C15H15BrClN3O/c1-20(2)15(21)11-5-4-10(18)8-14(11)19-13-6-3-9(17)7-12(13)16/h3-8,19H,18H2,1-2H3. The molecule has 0 aliphatic rings. The lowest BCUT2D eigenvalue weighted by atomic mass is 10.1. The van der Waals surface area contributed by atoms with Crippen LogP contribution in [0.2, 0.25) is 5.02 Å². The SMILES string of the molecule is CN(C)C(=O)c1ccc(N)cc1Nc1ccc(Cl)cc1Br.